The monoisotopic (exact) mass is 385 g/mol. The third-order valence-corrected chi connectivity index (χ3v) is 5.93. The maximum atomic E-state index is 12.4. The smallest absolute Gasteiger partial charge is 0.246 e. The molecular formula is C18H19N5O3S. The molecule has 2 aliphatic rings. The third kappa shape index (κ3) is 3.42. The minimum Gasteiger partial charge on any atom is -0.369 e. The van der Waals surface area contributed by atoms with Gasteiger partial charge in [-0.05, 0) is 25.0 Å². The molecule has 1 aromatic carbocycles. The number of likely N-dealkylation sites (tertiary alicyclic amines) is 1. The number of carbonyl (C=O) groups excluding carboxylic acids is 3. The Kier molecular flexibility index (Phi) is 4.61. The summed E-state index contributed by atoms with van der Waals surface area (Å²) in [6.45, 7) is -0.333. The Bertz CT molecular complexity index is 896. The maximum Gasteiger partial charge on any atom is 0.246 e. The predicted molar refractivity (Wildman–Crippen MR) is 101 cm³/mol. The van der Waals surface area contributed by atoms with Crippen molar-refractivity contribution in [3.05, 3.63) is 24.3 Å². The molecule has 0 spiro atoms. The Balaban J connectivity index is 1.41. The van der Waals surface area contributed by atoms with Gasteiger partial charge in [0.15, 0.2) is 0 Å². The minimum atomic E-state index is -0.544. The summed E-state index contributed by atoms with van der Waals surface area (Å²) in [5.74, 6) is -1.70. The van der Waals surface area contributed by atoms with Crippen molar-refractivity contribution in [2.75, 3.05) is 6.54 Å². The normalized spacial score (nSPS) is 23.0. The zero-order valence-electron chi connectivity index (χ0n) is 14.6. The lowest BCUT2D eigenvalue weighted by atomic mass is 9.81. The van der Waals surface area contributed by atoms with E-state index in [1.54, 1.807) is 0 Å². The summed E-state index contributed by atoms with van der Waals surface area (Å²) in [6, 6.07) is 7.57. The van der Waals surface area contributed by atoms with Crippen LogP contribution in [-0.2, 0) is 14.4 Å². The molecule has 140 valence electrons. The number of nitrogens with zero attached hydrogens (tertiary/aromatic N) is 3. The summed E-state index contributed by atoms with van der Waals surface area (Å²) >= 11 is 1.35. The Morgan fingerprint density at radius 2 is 1.89 bits per heavy atom. The lowest BCUT2D eigenvalue weighted by Crippen LogP contribution is -2.45. The van der Waals surface area contributed by atoms with Gasteiger partial charge in [-0.15, -0.1) is 0 Å². The largest absolute Gasteiger partial charge is 0.369 e. The molecule has 0 radical (unpaired) electrons. The molecule has 3 amide bonds. The molecule has 2 fully saturated rings. The second-order valence-electron chi connectivity index (χ2n) is 6.77. The average Bonchev–Trinajstić information content (AvgIpc) is 3.16. The van der Waals surface area contributed by atoms with E-state index in [0.717, 1.165) is 28.0 Å². The lowest BCUT2D eigenvalue weighted by molar-refractivity contribution is -0.143. The zero-order chi connectivity index (χ0) is 19.0. The number of hydrogen-bond donors (Lipinski definition) is 2. The number of rotatable bonds is 3. The fourth-order valence-electron chi connectivity index (χ4n) is 3.75. The van der Waals surface area contributed by atoms with Crippen LogP contribution in [0.15, 0.2) is 29.3 Å². The molecule has 0 unspecified atom stereocenters. The van der Waals surface area contributed by atoms with Gasteiger partial charge in [0.25, 0.3) is 0 Å². The van der Waals surface area contributed by atoms with E-state index in [1.807, 2.05) is 24.3 Å². The number of nitrogens with one attached hydrogen (secondary N) is 1. The van der Waals surface area contributed by atoms with Crippen molar-refractivity contribution in [2.24, 2.45) is 22.6 Å². The Morgan fingerprint density at radius 3 is 2.56 bits per heavy atom. The van der Waals surface area contributed by atoms with Crippen molar-refractivity contribution >= 4 is 50.4 Å². The van der Waals surface area contributed by atoms with E-state index in [2.05, 4.69) is 15.3 Å². The summed E-state index contributed by atoms with van der Waals surface area (Å²) in [4.78, 5) is 46.5. The van der Waals surface area contributed by atoms with Gasteiger partial charge in [0.05, 0.1) is 22.1 Å². The van der Waals surface area contributed by atoms with Crippen LogP contribution < -0.4 is 11.1 Å². The molecule has 1 aromatic heterocycles. The number of aromatic nitrogens is 1. The van der Waals surface area contributed by atoms with E-state index in [4.69, 9.17) is 5.73 Å². The number of carbonyl (C=O) groups is 3. The van der Waals surface area contributed by atoms with Crippen molar-refractivity contribution in [2.45, 2.75) is 25.7 Å². The van der Waals surface area contributed by atoms with Gasteiger partial charge in [-0.1, -0.05) is 36.3 Å². The van der Waals surface area contributed by atoms with E-state index in [9.17, 15) is 14.4 Å². The zero-order valence-corrected chi connectivity index (χ0v) is 15.4. The Hall–Kier alpha value is -2.81. The number of imide groups is 1. The van der Waals surface area contributed by atoms with E-state index < -0.39 is 5.91 Å². The second-order valence-corrected chi connectivity index (χ2v) is 7.78. The van der Waals surface area contributed by atoms with Crippen LogP contribution in [0.1, 0.15) is 25.7 Å². The minimum absolute atomic E-state index is 0.115. The quantitative estimate of drug-likeness (QED) is 0.472. The molecule has 1 aliphatic carbocycles. The molecule has 2 aromatic rings. The van der Waals surface area contributed by atoms with E-state index in [-0.39, 0.29) is 36.2 Å². The molecule has 9 heteroatoms. The summed E-state index contributed by atoms with van der Waals surface area (Å²) in [6.07, 6.45) is 3.33. The van der Waals surface area contributed by atoms with Crippen LogP contribution in [0.3, 0.4) is 0 Å². The Labute approximate surface area is 159 Å². The number of fused-ring (bicyclic) bond motifs is 2. The van der Waals surface area contributed by atoms with Crippen LogP contribution in [0.4, 0.5) is 5.13 Å². The van der Waals surface area contributed by atoms with Gasteiger partial charge in [0, 0.05) is 0 Å². The van der Waals surface area contributed by atoms with Gasteiger partial charge < -0.3 is 5.73 Å². The molecule has 27 heavy (non-hydrogen) atoms. The molecule has 1 aliphatic heterocycles. The number of thiazole rings is 1. The summed E-state index contributed by atoms with van der Waals surface area (Å²) < 4.78 is 0.964. The van der Waals surface area contributed by atoms with E-state index >= 15 is 0 Å². The van der Waals surface area contributed by atoms with Gasteiger partial charge in [-0.2, -0.15) is 4.99 Å². The van der Waals surface area contributed by atoms with Crippen molar-refractivity contribution in [1.82, 2.24) is 15.2 Å². The Morgan fingerprint density at radius 1 is 1.22 bits per heavy atom. The first-order valence-corrected chi connectivity index (χ1v) is 9.69. The fraction of sp³-hybridized carbons (Fsp3) is 0.389. The molecule has 8 nitrogen and oxygen atoms in total. The predicted octanol–water partition coefficient (Wildman–Crippen LogP) is 1.53. The highest BCUT2D eigenvalue weighted by atomic mass is 32.1. The van der Waals surface area contributed by atoms with Gasteiger partial charge in [-0.3, -0.25) is 24.6 Å². The number of nitrogens with two attached hydrogens (primary N) is 1. The summed E-state index contributed by atoms with van der Waals surface area (Å²) in [5, 5.41) is 2.86. The molecule has 2 heterocycles. The van der Waals surface area contributed by atoms with Crippen molar-refractivity contribution < 1.29 is 14.4 Å². The molecule has 0 bridgehead atoms. The summed E-state index contributed by atoms with van der Waals surface area (Å²) in [7, 11) is 0. The van der Waals surface area contributed by atoms with E-state index in [0.29, 0.717) is 18.0 Å². The van der Waals surface area contributed by atoms with Crippen LogP contribution in [-0.4, -0.2) is 40.1 Å². The van der Waals surface area contributed by atoms with Gasteiger partial charge in [-0.25, -0.2) is 4.98 Å². The highest BCUT2D eigenvalue weighted by Crippen LogP contribution is 2.37. The van der Waals surface area contributed by atoms with Crippen molar-refractivity contribution in [1.29, 1.82) is 0 Å². The topological polar surface area (TPSA) is 118 Å². The van der Waals surface area contributed by atoms with E-state index in [1.165, 1.54) is 11.3 Å². The molecular weight excluding hydrogens is 366 g/mol. The molecule has 4 rings (SSSR count). The van der Waals surface area contributed by atoms with Crippen molar-refractivity contribution in [3.63, 3.8) is 0 Å². The molecule has 2 atom stereocenters. The number of para-hydroxylation sites is 1. The first kappa shape index (κ1) is 17.6. The molecule has 3 N–H and O–H groups in total. The second kappa shape index (κ2) is 7.07. The van der Waals surface area contributed by atoms with Crippen LogP contribution in [0.25, 0.3) is 10.2 Å². The number of hydrogen-bond acceptors (Lipinski definition) is 6. The number of amides is 3. The van der Waals surface area contributed by atoms with Gasteiger partial charge >= 0.3 is 0 Å². The average molecular weight is 385 g/mol. The number of aliphatic imine (C=N–C) groups is 1. The van der Waals surface area contributed by atoms with Gasteiger partial charge in [0.1, 0.15) is 6.54 Å². The maximum absolute atomic E-state index is 12.4. The highest BCUT2D eigenvalue weighted by Gasteiger charge is 2.48. The van der Waals surface area contributed by atoms with Crippen LogP contribution in [0.5, 0.6) is 0 Å². The third-order valence-electron chi connectivity index (χ3n) is 5.00. The first-order valence-electron chi connectivity index (χ1n) is 8.88. The SMILES string of the molecule is NC(=Nc1nc2ccccc2s1)NC(=O)CN1C(=O)[C@H]2CCCC[C@H]2C1=O. The summed E-state index contributed by atoms with van der Waals surface area (Å²) in [5.41, 5.74) is 6.59. The van der Waals surface area contributed by atoms with Crippen LogP contribution in [0, 0.1) is 11.8 Å². The first-order chi connectivity index (χ1) is 13.0. The number of benzene rings is 1. The van der Waals surface area contributed by atoms with Crippen molar-refractivity contribution in [3.8, 4) is 0 Å². The standard InChI is InChI=1S/C18H19N5O3S/c19-17(22-18-20-12-7-3-4-8-13(12)27-18)21-14(24)9-23-15(25)10-5-1-2-6-11(10)16(23)26/h3-4,7-8,10-11H,1-2,5-6,9H2,(H3,19,20,21,22,24)/t10-,11+. The fourth-order valence-corrected chi connectivity index (χ4v) is 4.60. The number of guanidine groups is 1. The highest BCUT2D eigenvalue weighted by molar-refractivity contribution is 7.22. The van der Waals surface area contributed by atoms with Crippen LogP contribution in [0.2, 0.25) is 0 Å². The lowest BCUT2D eigenvalue weighted by Gasteiger charge is -2.19. The van der Waals surface area contributed by atoms with Gasteiger partial charge in [0.2, 0.25) is 28.8 Å². The van der Waals surface area contributed by atoms with Crippen LogP contribution >= 0.6 is 11.3 Å². The molecule has 1 saturated heterocycles. The molecule has 1 saturated carbocycles.